The van der Waals surface area contributed by atoms with Crippen LogP contribution in [0, 0.1) is 0 Å². The second-order valence-corrected chi connectivity index (χ2v) is 7.60. The van der Waals surface area contributed by atoms with Crippen LogP contribution in [-0.2, 0) is 19.8 Å². The molecular formula is C16H22N2O5S. The SMILES string of the molecule is O=C(c1ncc(C2(O)CCC3(CC2)OCCO3)s1)N1CCOCC1. The minimum Gasteiger partial charge on any atom is -0.384 e. The Morgan fingerprint density at radius 3 is 2.46 bits per heavy atom. The van der Waals surface area contributed by atoms with E-state index in [1.165, 1.54) is 11.3 Å². The van der Waals surface area contributed by atoms with Gasteiger partial charge in [0.25, 0.3) is 5.91 Å². The number of carbonyl (C=O) groups excluding carboxylic acids is 1. The van der Waals surface area contributed by atoms with Crippen LogP contribution in [0.4, 0.5) is 0 Å². The first kappa shape index (κ1) is 16.4. The van der Waals surface area contributed by atoms with E-state index in [1.54, 1.807) is 11.1 Å². The van der Waals surface area contributed by atoms with Crippen LogP contribution in [0.2, 0.25) is 0 Å². The summed E-state index contributed by atoms with van der Waals surface area (Å²) in [5.41, 5.74) is -0.943. The number of hydrogen-bond acceptors (Lipinski definition) is 7. The van der Waals surface area contributed by atoms with Gasteiger partial charge in [0.1, 0.15) is 5.60 Å². The summed E-state index contributed by atoms with van der Waals surface area (Å²) in [5, 5.41) is 11.4. The molecule has 1 N–H and O–H groups in total. The minimum atomic E-state index is -0.943. The Kier molecular flexibility index (Phi) is 4.34. The van der Waals surface area contributed by atoms with Gasteiger partial charge in [0, 0.05) is 32.1 Å². The lowest BCUT2D eigenvalue weighted by molar-refractivity contribution is -0.203. The maximum absolute atomic E-state index is 12.5. The third-order valence-corrected chi connectivity index (χ3v) is 6.28. The third-order valence-electron chi connectivity index (χ3n) is 5.10. The van der Waals surface area contributed by atoms with Crippen molar-refractivity contribution >= 4 is 17.2 Å². The van der Waals surface area contributed by atoms with E-state index in [0.29, 0.717) is 70.2 Å². The van der Waals surface area contributed by atoms with Gasteiger partial charge in [-0.15, -0.1) is 11.3 Å². The predicted molar refractivity (Wildman–Crippen MR) is 85.8 cm³/mol. The zero-order valence-electron chi connectivity index (χ0n) is 13.5. The molecule has 24 heavy (non-hydrogen) atoms. The number of thiazole rings is 1. The van der Waals surface area contributed by atoms with Crippen LogP contribution < -0.4 is 0 Å². The van der Waals surface area contributed by atoms with Crippen molar-refractivity contribution in [3.05, 3.63) is 16.1 Å². The first-order chi connectivity index (χ1) is 11.6. The van der Waals surface area contributed by atoms with E-state index in [4.69, 9.17) is 14.2 Å². The lowest BCUT2D eigenvalue weighted by Crippen LogP contribution is -2.41. The van der Waals surface area contributed by atoms with Crippen molar-refractivity contribution in [3.63, 3.8) is 0 Å². The zero-order valence-corrected chi connectivity index (χ0v) is 14.3. The van der Waals surface area contributed by atoms with Gasteiger partial charge in [0.15, 0.2) is 10.8 Å². The highest BCUT2D eigenvalue weighted by atomic mass is 32.1. The molecule has 4 rings (SSSR count). The largest absolute Gasteiger partial charge is 0.384 e. The molecule has 0 unspecified atom stereocenters. The number of morpholine rings is 1. The lowest BCUT2D eigenvalue weighted by atomic mass is 9.80. The van der Waals surface area contributed by atoms with E-state index in [0.717, 1.165) is 4.88 Å². The average molecular weight is 354 g/mol. The Bertz CT molecular complexity index is 597. The third kappa shape index (κ3) is 2.97. The van der Waals surface area contributed by atoms with E-state index in [9.17, 15) is 9.90 Å². The predicted octanol–water partition coefficient (Wildman–Crippen LogP) is 1.12. The minimum absolute atomic E-state index is 0.0760. The average Bonchev–Trinajstić information content (AvgIpc) is 3.29. The zero-order chi connectivity index (χ0) is 16.6. The Hall–Kier alpha value is -1.06. The summed E-state index contributed by atoms with van der Waals surface area (Å²) in [6, 6.07) is 0. The van der Waals surface area contributed by atoms with Crippen molar-refractivity contribution in [2.24, 2.45) is 0 Å². The van der Waals surface area contributed by atoms with Gasteiger partial charge < -0.3 is 24.2 Å². The van der Waals surface area contributed by atoms with Crippen molar-refractivity contribution < 1.29 is 24.1 Å². The number of ether oxygens (including phenoxy) is 3. The number of aromatic nitrogens is 1. The van der Waals surface area contributed by atoms with E-state index in [1.807, 2.05) is 0 Å². The number of hydrogen-bond donors (Lipinski definition) is 1. The Morgan fingerprint density at radius 2 is 1.79 bits per heavy atom. The van der Waals surface area contributed by atoms with E-state index < -0.39 is 11.4 Å². The number of amides is 1. The van der Waals surface area contributed by atoms with Gasteiger partial charge in [-0.3, -0.25) is 4.79 Å². The number of rotatable bonds is 2. The van der Waals surface area contributed by atoms with E-state index >= 15 is 0 Å². The fraction of sp³-hybridized carbons (Fsp3) is 0.750. The second-order valence-electron chi connectivity index (χ2n) is 6.57. The van der Waals surface area contributed by atoms with E-state index in [2.05, 4.69) is 4.98 Å². The van der Waals surface area contributed by atoms with Crippen molar-refractivity contribution in [2.75, 3.05) is 39.5 Å². The van der Waals surface area contributed by atoms with Crippen molar-refractivity contribution in [1.82, 2.24) is 9.88 Å². The normalized spacial score (nSPS) is 26.0. The lowest BCUT2D eigenvalue weighted by Gasteiger charge is -2.39. The van der Waals surface area contributed by atoms with Gasteiger partial charge in [0.2, 0.25) is 0 Å². The molecule has 0 radical (unpaired) electrons. The number of aliphatic hydroxyl groups is 1. The maximum atomic E-state index is 12.5. The van der Waals surface area contributed by atoms with Crippen molar-refractivity contribution in [2.45, 2.75) is 37.1 Å². The first-order valence-corrected chi connectivity index (χ1v) is 9.26. The molecule has 3 fully saturated rings. The fourth-order valence-electron chi connectivity index (χ4n) is 3.57. The molecule has 7 nitrogen and oxygen atoms in total. The molecule has 2 saturated heterocycles. The molecule has 1 aliphatic carbocycles. The van der Waals surface area contributed by atoms with Crippen LogP contribution in [0.5, 0.6) is 0 Å². The molecular weight excluding hydrogens is 332 g/mol. The fourth-order valence-corrected chi connectivity index (χ4v) is 4.60. The first-order valence-electron chi connectivity index (χ1n) is 8.44. The molecule has 1 saturated carbocycles. The van der Waals surface area contributed by atoms with Crippen molar-refractivity contribution in [1.29, 1.82) is 0 Å². The van der Waals surface area contributed by atoms with Crippen LogP contribution in [-0.4, -0.2) is 66.2 Å². The molecule has 1 aromatic heterocycles. The van der Waals surface area contributed by atoms with Gasteiger partial charge >= 0.3 is 0 Å². The summed E-state index contributed by atoms with van der Waals surface area (Å²) in [6.07, 6.45) is 4.08. The summed E-state index contributed by atoms with van der Waals surface area (Å²) in [6.45, 7) is 3.56. The summed E-state index contributed by atoms with van der Waals surface area (Å²) in [5.74, 6) is -0.587. The Balaban J connectivity index is 1.45. The molecule has 132 valence electrons. The number of nitrogens with zero attached hydrogens (tertiary/aromatic N) is 2. The monoisotopic (exact) mass is 354 g/mol. The number of carbonyl (C=O) groups is 1. The highest BCUT2D eigenvalue weighted by Gasteiger charge is 2.47. The summed E-state index contributed by atoms with van der Waals surface area (Å²) >= 11 is 1.30. The molecule has 0 bridgehead atoms. The van der Waals surface area contributed by atoms with Crippen LogP contribution in [0.15, 0.2) is 6.20 Å². The molecule has 3 heterocycles. The second kappa shape index (κ2) is 6.34. The maximum Gasteiger partial charge on any atom is 0.282 e. The molecule has 3 aliphatic rings. The highest BCUT2D eigenvalue weighted by Crippen LogP contribution is 2.46. The van der Waals surface area contributed by atoms with Crippen LogP contribution in [0.1, 0.15) is 40.4 Å². The van der Waals surface area contributed by atoms with Gasteiger partial charge in [-0.25, -0.2) is 4.98 Å². The topological polar surface area (TPSA) is 81.1 Å². The van der Waals surface area contributed by atoms with Gasteiger partial charge in [-0.05, 0) is 12.8 Å². The molecule has 0 atom stereocenters. The Labute approximate surface area is 144 Å². The molecule has 1 aromatic rings. The smallest absolute Gasteiger partial charge is 0.282 e. The van der Waals surface area contributed by atoms with Gasteiger partial charge in [-0.2, -0.15) is 0 Å². The van der Waals surface area contributed by atoms with Crippen LogP contribution in [0.25, 0.3) is 0 Å². The summed E-state index contributed by atoms with van der Waals surface area (Å²) in [7, 11) is 0. The standard InChI is InChI=1S/C16H22N2O5S/c19-14(18-5-7-21-8-6-18)13-17-11-12(24-13)15(20)1-3-16(4-2-15)22-9-10-23-16/h11,20H,1-10H2. The van der Waals surface area contributed by atoms with Crippen LogP contribution >= 0.6 is 11.3 Å². The summed E-state index contributed by atoms with van der Waals surface area (Å²) < 4.78 is 16.7. The van der Waals surface area contributed by atoms with Gasteiger partial charge in [0.05, 0.1) is 31.3 Å². The van der Waals surface area contributed by atoms with E-state index in [-0.39, 0.29) is 5.91 Å². The Morgan fingerprint density at radius 1 is 1.12 bits per heavy atom. The molecule has 8 heteroatoms. The highest BCUT2D eigenvalue weighted by molar-refractivity contribution is 7.13. The molecule has 1 amide bonds. The van der Waals surface area contributed by atoms with Crippen molar-refractivity contribution in [3.8, 4) is 0 Å². The van der Waals surface area contributed by atoms with Crippen LogP contribution in [0.3, 0.4) is 0 Å². The van der Waals surface area contributed by atoms with Gasteiger partial charge in [-0.1, -0.05) is 0 Å². The molecule has 2 aliphatic heterocycles. The summed E-state index contributed by atoms with van der Waals surface area (Å²) in [4.78, 5) is 19.3. The molecule has 0 aromatic carbocycles. The molecule has 1 spiro atoms. The quantitative estimate of drug-likeness (QED) is 0.857.